The van der Waals surface area contributed by atoms with E-state index in [9.17, 15) is 9.18 Å². The second-order valence-corrected chi connectivity index (χ2v) is 7.03. The van der Waals surface area contributed by atoms with Gasteiger partial charge in [-0.3, -0.25) is 4.79 Å². The van der Waals surface area contributed by atoms with Crippen LogP contribution in [0.3, 0.4) is 0 Å². The summed E-state index contributed by atoms with van der Waals surface area (Å²) in [6, 6.07) is 9.70. The number of hydrogen-bond donors (Lipinski definition) is 1. The van der Waals surface area contributed by atoms with E-state index < -0.39 is 0 Å². The molecule has 0 saturated carbocycles. The monoisotopic (exact) mass is 359 g/mol. The van der Waals surface area contributed by atoms with Crippen molar-refractivity contribution < 1.29 is 23.2 Å². The number of benzene rings is 1. The van der Waals surface area contributed by atoms with Crippen LogP contribution in [0.5, 0.6) is 0 Å². The van der Waals surface area contributed by atoms with Gasteiger partial charge in [0.1, 0.15) is 24.2 Å². The van der Waals surface area contributed by atoms with Crippen LogP contribution in [0.4, 0.5) is 4.39 Å². The third kappa shape index (κ3) is 3.66. The number of furan rings is 1. The molecule has 1 aromatic carbocycles. The van der Waals surface area contributed by atoms with Crippen LogP contribution in [0.2, 0.25) is 0 Å². The molecule has 0 aliphatic carbocycles. The molecule has 26 heavy (non-hydrogen) atoms. The van der Waals surface area contributed by atoms with Gasteiger partial charge in [-0.25, -0.2) is 4.39 Å². The third-order valence-corrected chi connectivity index (χ3v) is 5.25. The molecule has 2 aliphatic rings. The van der Waals surface area contributed by atoms with Crippen molar-refractivity contribution in [3.8, 4) is 11.3 Å². The molecule has 0 bridgehead atoms. The predicted molar refractivity (Wildman–Crippen MR) is 94.5 cm³/mol. The second-order valence-electron chi connectivity index (χ2n) is 7.03. The summed E-state index contributed by atoms with van der Waals surface area (Å²) in [7, 11) is 0. The van der Waals surface area contributed by atoms with Crippen molar-refractivity contribution >= 4 is 5.91 Å². The number of carbonyl (C=O) groups is 1. The zero-order valence-corrected chi connectivity index (χ0v) is 14.7. The fourth-order valence-electron chi connectivity index (χ4n) is 3.77. The van der Waals surface area contributed by atoms with Crippen molar-refractivity contribution in [3.63, 3.8) is 0 Å². The molecule has 1 amide bonds. The molecule has 0 spiro atoms. The molecule has 2 fully saturated rings. The molecule has 6 heteroatoms. The Morgan fingerprint density at radius 3 is 2.73 bits per heavy atom. The Morgan fingerprint density at radius 2 is 2.00 bits per heavy atom. The number of nitrogens with one attached hydrogen (secondary N) is 1. The number of ether oxygens (including phenoxy) is 1. The van der Waals surface area contributed by atoms with Gasteiger partial charge in [-0.1, -0.05) is 12.1 Å². The molecule has 0 unspecified atom stereocenters. The van der Waals surface area contributed by atoms with Crippen LogP contribution in [0.15, 0.2) is 40.8 Å². The topological polar surface area (TPSA) is 47.1 Å². The first-order valence-corrected chi connectivity index (χ1v) is 9.30. The maximum atomic E-state index is 13.9. The lowest BCUT2D eigenvalue weighted by atomic mass is 10.1. The molecule has 5 nitrogen and oxygen atoms in total. The normalized spacial score (nSPS) is 21.3. The highest BCUT2D eigenvalue weighted by molar-refractivity contribution is 5.92. The summed E-state index contributed by atoms with van der Waals surface area (Å²) in [5.74, 6) is 0.177. The van der Waals surface area contributed by atoms with Crippen LogP contribution in [-0.4, -0.2) is 56.2 Å². The van der Waals surface area contributed by atoms with E-state index in [0.717, 1.165) is 39.1 Å². The zero-order valence-electron chi connectivity index (χ0n) is 14.7. The average molecular weight is 359 g/mol. The minimum atomic E-state index is -0.354. The Kier molecular flexibility index (Phi) is 5.04. The molecule has 1 atom stereocenters. The first-order valence-electron chi connectivity index (χ1n) is 9.30. The van der Waals surface area contributed by atoms with Crippen molar-refractivity contribution in [1.29, 1.82) is 0 Å². The summed E-state index contributed by atoms with van der Waals surface area (Å²) in [6.45, 7) is 5.16. The Labute approximate surface area is 152 Å². The van der Waals surface area contributed by atoms with Crippen LogP contribution in [-0.2, 0) is 4.74 Å². The molecule has 1 aromatic heterocycles. The maximum absolute atomic E-state index is 13.9. The maximum Gasteiger partial charge on any atom is 0.289 e. The van der Waals surface area contributed by atoms with E-state index in [1.54, 1.807) is 30.3 Å². The summed E-state index contributed by atoms with van der Waals surface area (Å²) >= 11 is 0. The Balaban J connectivity index is 1.36. The predicted octanol–water partition coefficient (Wildman–Crippen LogP) is 1.61. The minimum Gasteiger partial charge on any atom is -0.451 e. The Hall–Kier alpha value is -2.18. The minimum absolute atomic E-state index is 0.122. The van der Waals surface area contributed by atoms with Crippen molar-refractivity contribution in [3.05, 3.63) is 48.0 Å². The van der Waals surface area contributed by atoms with Crippen molar-refractivity contribution in [1.82, 2.24) is 4.90 Å². The van der Waals surface area contributed by atoms with Gasteiger partial charge in [0.25, 0.3) is 5.91 Å². The van der Waals surface area contributed by atoms with Crippen LogP contribution >= 0.6 is 0 Å². The molecule has 2 aromatic rings. The summed E-state index contributed by atoms with van der Waals surface area (Å²) in [5, 5.41) is 0. The molecule has 138 valence electrons. The molecule has 0 radical (unpaired) electrons. The molecule has 3 heterocycles. The third-order valence-electron chi connectivity index (χ3n) is 5.25. The van der Waals surface area contributed by atoms with Gasteiger partial charge < -0.3 is 19.0 Å². The van der Waals surface area contributed by atoms with E-state index in [4.69, 9.17) is 9.15 Å². The summed E-state index contributed by atoms with van der Waals surface area (Å²) in [4.78, 5) is 16.0. The molecule has 1 N–H and O–H groups in total. The highest BCUT2D eigenvalue weighted by Crippen LogP contribution is 2.25. The van der Waals surface area contributed by atoms with Crippen molar-refractivity contribution in [2.75, 3.05) is 39.3 Å². The van der Waals surface area contributed by atoms with E-state index in [1.165, 1.54) is 11.0 Å². The van der Waals surface area contributed by atoms with E-state index >= 15 is 0 Å². The zero-order chi connectivity index (χ0) is 17.9. The molecule has 2 aliphatic heterocycles. The van der Waals surface area contributed by atoms with Gasteiger partial charge in [0, 0.05) is 6.61 Å². The number of rotatable bonds is 4. The lowest BCUT2D eigenvalue weighted by Crippen LogP contribution is -3.15. The SMILES string of the molecule is O=C(c1ccc(-c2ccccc2F)o1)N1CC[NH+](C[C@@H]2CCCO2)CC1. The van der Waals surface area contributed by atoms with Gasteiger partial charge in [0.15, 0.2) is 5.76 Å². The number of halogens is 1. The number of piperazine rings is 1. The largest absolute Gasteiger partial charge is 0.451 e. The first-order chi connectivity index (χ1) is 12.7. The number of carbonyl (C=O) groups excluding carboxylic acids is 1. The number of hydrogen-bond acceptors (Lipinski definition) is 3. The van der Waals surface area contributed by atoms with Crippen LogP contribution in [0, 0.1) is 5.82 Å². The smallest absolute Gasteiger partial charge is 0.289 e. The lowest BCUT2D eigenvalue weighted by molar-refractivity contribution is -0.906. The van der Waals surface area contributed by atoms with Gasteiger partial charge in [-0.2, -0.15) is 0 Å². The number of nitrogens with zero attached hydrogens (tertiary/aromatic N) is 1. The van der Waals surface area contributed by atoms with Gasteiger partial charge in [0.2, 0.25) is 0 Å². The fourth-order valence-corrected chi connectivity index (χ4v) is 3.77. The van der Waals surface area contributed by atoms with E-state index in [-0.39, 0.29) is 17.5 Å². The highest BCUT2D eigenvalue weighted by Gasteiger charge is 2.29. The molecule has 2 saturated heterocycles. The van der Waals surface area contributed by atoms with E-state index in [0.29, 0.717) is 30.5 Å². The average Bonchev–Trinajstić information content (AvgIpc) is 3.34. The van der Waals surface area contributed by atoms with Gasteiger partial charge in [-0.15, -0.1) is 0 Å². The van der Waals surface area contributed by atoms with Crippen LogP contribution in [0.25, 0.3) is 11.3 Å². The number of quaternary nitrogens is 1. The fraction of sp³-hybridized carbons (Fsp3) is 0.450. The molecular weight excluding hydrogens is 335 g/mol. The Morgan fingerprint density at radius 1 is 1.19 bits per heavy atom. The van der Waals surface area contributed by atoms with Crippen LogP contribution < -0.4 is 4.90 Å². The molecule has 4 rings (SSSR count). The highest BCUT2D eigenvalue weighted by atomic mass is 19.1. The summed E-state index contributed by atoms with van der Waals surface area (Å²) < 4.78 is 25.2. The van der Waals surface area contributed by atoms with Gasteiger partial charge in [0.05, 0.1) is 31.7 Å². The standard InChI is InChI=1S/C20H23FN2O3/c21-17-6-2-1-5-16(17)18-7-8-19(26-18)20(24)23-11-9-22(10-12-23)14-15-4-3-13-25-15/h1-2,5-8,15H,3-4,9-14H2/p+1/t15-/m0/s1. The summed E-state index contributed by atoms with van der Waals surface area (Å²) in [6.07, 6.45) is 2.68. The Bertz CT molecular complexity index is 762. The van der Waals surface area contributed by atoms with E-state index in [2.05, 4.69) is 0 Å². The summed E-state index contributed by atoms with van der Waals surface area (Å²) in [5.41, 5.74) is 0.373. The van der Waals surface area contributed by atoms with Crippen molar-refractivity contribution in [2.24, 2.45) is 0 Å². The van der Waals surface area contributed by atoms with E-state index in [1.807, 2.05) is 4.90 Å². The second kappa shape index (κ2) is 7.60. The molecular formula is C20H24FN2O3+. The quantitative estimate of drug-likeness (QED) is 0.902. The van der Waals surface area contributed by atoms with Gasteiger partial charge in [-0.05, 0) is 37.1 Å². The lowest BCUT2D eigenvalue weighted by Gasteiger charge is -2.32. The first kappa shape index (κ1) is 17.2. The van der Waals surface area contributed by atoms with Crippen LogP contribution in [0.1, 0.15) is 23.4 Å². The number of amides is 1. The van der Waals surface area contributed by atoms with Crippen molar-refractivity contribution in [2.45, 2.75) is 18.9 Å². The van der Waals surface area contributed by atoms with Gasteiger partial charge >= 0.3 is 0 Å².